The van der Waals surface area contributed by atoms with Gasteiger partial charge >= 0.3 is 0 Å². The van der Waals surface area contributed by atoms with E-state index in [9.17, 15) is 5.11 Å². The van der Waals surface area contributed by atoms with E-state index < -0.39 is 5.60 Å². The zero-order chi connectivity index (χ0) is 19.7. The lowest BCUT2D eigenvalue weighted by atomic mass is 9.68. The molecule has 3 unspecified atom stereocenters. The Hall–Kier alpha value is -1.95. The summed E-state index contributed by atoms with van der Waals surface area (Å²) in [5, 5.41) is 16.3. The third-order valence-corrected chi connectivity index (χ3v) is 6.41. The Balaban J connectivity index is 1.96. The van der Waals surface area contributed by atoms with Crippen LogP contribution in [0.2, 0.25) is 0 Å². The molecule has 5 heteroatoms. The molecule has 3 atom stereocenters. The molecule has 0 radical (unpaired) electrons. The summed E-state index contributed by atoms with van der Waals surface area (Å²) in [6, 6.07) is 18.4. The summed E-state index contributed by atoms with van der Waals surface area (Å²) < 4.78 is 6.71. The van der Waals surface area contributed by atoms with E-state index >= 15 is 0 Å². The van der Waals surface area contributed by atoms with Gasteiger partial charge in [-0.1, -0.05) is 53.2 Å². The maximum absolute atomic E-state index is 11.9. The van der Waals surface area contributed by atoms with Crippen molar-refractivity contribution >= 4 is 26.8 Å². The predicted molar refractivity (Wildman–Crippen MR) is 116 cm³/mol. The van der Waals surface area contributed by atoms with Crippen molar-refractivity contribution in [3.05, 3.63) is 70.2 Å². The van der Waals surface area contributed by atoms with Crippen molar-refractivity contribution < 1.29 is 9.84 Å². The first-order valence-electron chi connectivity index (χ1n) is 9.65. The van der Waals surface area contributed by atoms with Crippen molar-refractivity contribution in [3.63, 3.8) is 0 Å². The summed E-state index contributed by atoms with van der Waals surface area (Å²) in [6.45, 7) is 3.69. The van der Waals surface area contributed by atoms with Gasteiger partial charge in [-0.05, 0) is 48.7 Å². The Morgan fingerprint density at radius 2 is 2.00 bits per heavy atom. The van der Waals surface area contributed by atoms with Crippen LogP contribution in [-0.2, 0) is 0 Å². The van der Waals surface area contributed by atoms with Gasteiger partial charge in [0.05, 0.1) is 18.2 Å². The fourth-order valence-corrected chi connectivity index (χ4v) is 4.74. The topological polar surface area (TPSA) is 54.4 Å². The fraction of sp³-hybridized carbons (Fsp3) is 0.348. The second-order valence-corrected chi connectivity index (χ2v) is 8.53. The monoisotopic (exact) mass is 440 g/mol. The molecule has 1 fully saturated rings. The van der Waals surface area contributed by atoms with Crippen molar-refractivity contribution in [2.24, 2.45) is 5.92 Å². The number of rotatable bonds is 4. The third-order valence-electron chi connectivity index (χ3n) is 5.91. The van der Waals surface area contributed by atoms with E-state index in [-0.39, 0.29) is 11.8 Å². The molecule has 146 valence electrons. The van der Waals surface area contributed by atoms with Crippen LogP contribution in [-0.4, -0.2) is 35.9 Å². The Kier molecular flexibility index (Phi) is 5.41. The van der Waals surface area contributed by atoms with Crippen LogP contribution in [0.25, 0.3) is 10.9 Å². The average Bonchev–Trinajstić information content (AvgIpc) is 2.71. The highest BCUT2D eigenvalue weighted by Gasteiger charge is 2.46. The van der Waals surface area contributed by atoms with Gasteiger partial charge in [0.25, 0.3) is 0 Å². The summed E-state index contributed by atoms with van der Waals surface area (Å²) in [5.41, 5.74) is 1.99. The Morgan fingerprint density at radius 1 is 1.21 bits per heavy atom. The molecule has 0 bridgehead atoms. The van der Waals surface area contributed by atoms with Gasteiger partial charge < -0.3 is 15.2 Å². The molecule has 3 aromatic rings. The number of aliphatic hydroxyl groups is 1. The highest BCUT2D eigenvalue weighted by atomic mass is 79.9. The molecule has 0 spiro atoms. The molecule has 28 heavy (non-hydrogen) atoms. The molecule has 2 aromatic carbocycles. The minimum absolute atomic E-state index is 0.0920. The molecule has 1 aromatic heterocycles. The van der Waals surface area contributed by atoms with E-state index in [1.54, 1.807) is 7.11 Å². The third kappa shape index (κ3) is 3.43. The highest BCUT2D eigenvalue weighted by Crippen LogP contribution is 2.46. The molecule has 0 saturated carbocycles. The van der Waals surface area contributed by atoms with Crippen molar-refractivity contribution in [3.8, 4) is 5.88 Å². The minimum Gasteiger partial charge on any atom is -0.481 e. The second kappa shape index (κ2) is 7.82. The molecule has 1 saturated heterocycles. The molecule has 1 aliphatic rings. The van der Waals surface area contributed by atoms with Crippen LogP contribution < -0.4 is 10.1 Å². The van der Waals surface area contributed by atoms with Crippen molar-refractivity contribution in [1.82, 2.24) is 10.3 Å². The van der Waals surface area contributed by atoms with Crippen molar-refractivity contribution in [1.29, 1.82) is 0 Å². The number of piperidine rings is 1. The first-order chi connectivity index (χ1) is 13.5. The molecule has 2 heterocycles. The Labute approximate surface area is 174 Å². The van der Waals surface area contributed by atoms with Gasteiger partial charge in [0.15, 0.2) is 0 Å². The number of aromatic nitrogens is 1. The number of pyridine rings is 1. The lowest BCUT2D eigenvalue weighted by molar-refractivity contribution is -0.0477. The second-order valence-electron chi connectivity index (χ2n) is 7.61. The number of hydrogen-bond donors (Lipinski definition) is 2. The van der Waals surface area contributed by atoms with Gasteiger partial charge in [-0.15, -0.1) is 0 Å². The number of nitrogens with one attached hydrogen (secondary N) is 1. The van der Waals surface area contributed by atoms with E-state index in [0.717, 1.165) is 39.6 Å². The Morgan fingerprint density at radius 3 is 2.71 bits per heavy atom. The predicted octanol–water partition coefficient (Wildman–Crippen LogP) is 4.50. The van der Waals surface area contributed by atoms with E-state index in [1.165, 1.54) is 0 Å². The number of fused-ring (bicyclic) bond motifs is 1. The lowest BCUT2D eigenvalue weighted by Gasteiger charge is -2.45. The average molecular weight is 441 g/mol. The Bertz CT molecular complexity index is 979. The first-order valence-corrected chi connectivity index (χ1v) is 10.4. The summed E-state index contributed by atoms with van der Waals surface area (Å²) in [7, 11) is 1.65. The number of ether oxygens (including phenoxy) is 1. The van der Waals surface area contributed by atoms with Crippen LogP contribution >= 0.6 is 15.9 Å². The smallest absolute Gasteiger partial charge is 0.217 e. The maximum atomic E-state index is 11.9. The zero-order valence-corrected chi connectivity index (χ0v) is 17.7. The standard InChI is InChI=1S/C23H25BrN2O2/c1-15-14-25-11-10-23(15,27)21(16-6-4-3-5-7-16)19-13-17-12-18(24)8-9-20(17)26-22(19)28-2/h3-9,12-13,15,21,25,27H,10-11,14H2,1-2H3. The molecule has 1 aliphatic heterocycles. The number of methoxy groups -OCH3 is 1. The number of halogens is 1. The summed E-state index contributed by atoms with van der Waals surface area (Å²) in [4.78, 5) is 4.76. The molecular weight excluding hydrogens is 416 g/mol. The molecular formula is C23H25BrN2O2. The molecule has 4 nitrogen and oxygen atoms in total. The number of hydrogen-bond acceptors (Lipinski definition) is 4. The molecule has 4 rings (SSSR count). The van der Waals surface area contributed by atoms with E-state index in [2.05, 4.69) is 52.4 Å². The van der Waals surface area contributed by atoms with Gasteiger partial charge in [0, 0.05) is 27.9 Å². The van der Waals surface area contributed by atoms with E-state index in [1.807, 2.05) is 30.3 Å². The maximum Gasteiger partial charge on any atom is 0.217 e. The van der Waals surface area contributed by atoms with Gasteiger partial charge in [-0.3, -0.25) is 0 Å². The van der Waals surface area contributed by atoms with Gasteiger partial charge in [0.1, 0.15) is 0 Å². The first kappa shape index (κ1) is 19.4. The van der Waals surface area contributed by atoms with E-state index in [4.69, 9.17) is 9.72 Å². The SMILES string of the molecule is COc1nc2ccc(Br)cc2cc1C(c1ccccc1)C1(O)CCNCC1C. The van der Waals surface area contributed by atoms with Crippen LogP contribution in [0, 0.1) is 5.92 Å². The summed E-state index contributed by atoms with van der Waals surface area (Å²) >= 11 is 3.55. The quantitative estimate of drug-likeness (QED) is 0.626. The largest absolute Gasteiger partial charge is 0.481 e. The van der Waals surface area contributed by atoms with Crippen LogP contribution in [0.5, 0.6) is 5.88 Å². The fourth-order valence-electron chi connectivity index (χ4n) is 4.36. The molecule has 0 aliphatic carbocycles. The van der Waals surface area contributed by atoms with Crippen LogP contribution in [0.4, 0.5) is 0 Å². The van der Waals surface area contributed by atoms with Crippen LogP contribution in [0.3, 0.4) is 0 Å². The van der Waals surface area contributed by atoms with Gasteiger partial charge in [-0.25, -0.2) is 4.98 Å². The lowest BCUT2D eigenvalue weighted by Crippen LogP contribution is -2.53. The van der Waals surface area contributed by atoms with Crippen molar-refractivity contribution in [2.45, 2.75) is 24.9 Å². The number of nitrogens with zero attached hydrogens (tertiary/aromatic N) is 1. The van der Waals surface area contributed by atoms with Gasteiger partial charge in [0.2, 0.25) is 5.88 Å². The van der Waals surface area contributed by atoms with Crippen LogP contribution in [0.15, 0.2) is 59.1 Å². The minimum atomic E-state index is -0.888. The zero-order valence-electron chi connectivity index (χ0n) is 16.2. The molecule has 2 N–H and O–H groups in total. The summed E-state index contributed by atoms with van der Waals surface area (Å²) in [5.74, 6) is 0.439. The van der Waals surface area contributed by atoms with Crippen LogP contribution in [0.1, 0.15) is 30.4 Å². The van der Waals surface area contributed by atoms with Crippen molar-refractivity contribution in [2.75, 3.05) is 20.2 Å². The van der Waals surface area contributed by atoms with Gasteiger partial charge in [-0.2, -0.15) is 0 Å². The van der Waals surface area contributed by atoms with E-state index in [0.29, 0.717) is 12.3 Å². The number of benzene rings is 2. The highest BCUT2D eigenvalue weighted by molar-refractivity contribution is 9.10. The summed E-state index contributed by atoms with van der Waals surface area (Å²) in [6.07, 6.45) is 0.674. The normalized spacial score (nSPS) is 23.5. The molecule has 0 amide bonds.